The summed E-state index contributed by atoms with van der Waals surface area (Å²) in [5.41, 5.74) is 1.69. The summed E-state index contributed by atoms with van der Waals surface area (Å²) in [4.78, 5) is 38.2. The first-order valence-corrected chi connectivity index (χ1v) is 7.95. The van der Waals surface area contributed by atoms with Gasteiger partial charge < -0.3 is 9.72 Å². The van der Waals surface area contributed by atoms with E-state index in [1.54, 1.807) is 6.20 Å². The zero-order chi connectivity index (χ0) is 18.8. The predicted octanol–water partition coefficient (Wildman–Crippen LogP) is 3.81. The molecular formula is C19H16N2O5. The van der Waals surface area contributed by atoms with Crippen molar-refractivity contribution < 1.29 is 19.2 Å². The molecule has 0 spiro atoms. The number of H-pyrrole nitrogens is 1. The lowest BCUT2D eigenvalue weighted by Crippen LogP contribution is -2.24. The molecule has 0 unspecified atom stereocenters. The van der Waals surface area contributed by atoms with E-state index >= 15 is 0 Å². The molecule has 0 radical (unpaired) electrons. The molecule has 3 rings (SSSR count). The van der Waals surface area contributed by atoms with Gasteiger partial charge in [-0.1, -0.05) is 18.2 Å². The number of aromatic nitrogens is 1. The van der Waals surface area contributed by atoms with E-state index in [1.807, 2.05) is 24.3 Å². The largest absolute Gasteiger partial charge is 0.451 e. The third-order valence-electron chi connectivity index (χ3n) is 4.14. The number of aryl methyl sites for hydroxylation is 1. The Morgan fingerprint density at radius 3 is 2.62 bits per heavy atom. The molecule has 1 N–H and O–H groups in total. The third kappa shape index (κ3) is 3.19. The zero-order valence-electron chi connectivity index (χ0n) is 14.2. The van der Waals surface area contributed by atoms with E-state index in [0.29, 0.717) is 11.1 Å². The topological polar surface area (TPSA) is 102 Å². The maximum atomic E-state index is 12.6. The van der Waals surface area contributed by atoms with Crippen molar-refractivity contribution in [2.45, 2.75) is 20.0 Å². The summed E-state index contributed by atoms with van der Waals surface area (Å²) in [5.74, 6) is -1.03. The Balaban J connectivity index is 1.78. The van der Waals surface area contributed by atoms with Crippen molar-refractivity contribution in [3.63, 3.8) is 0 Å². The summed E-state index contributed by atoms with van der Waals surface area (Å²) in [6.45, 7) is 3.04. The number of nitrogens with one attached hydrogen (secondary N) is 1. The van der Waals surface area contributed by atoms with Crippen LogP contribution in [0.4, 0.5) is 5.69 Å². The molecule has 0 aliphatic carbocycles. The molecule has 0 amide bonds. The van der Waals surface area contributed by atoms with E-state index in [9.17, 15) is 19.7 Å². The number of nitro groups is 1. The second kappa shape index (κ2) is 6.79. The highest BCUT2D eigenvalue weighted by Crippen LogP contribution is 2.22. The summed E-state index contributed by atoms with van der Waals surface area (Å²) in [6.07, 6.45) is 0.602. The number of carbonyl (C=O) groups excluding carboxylic acids is 2. The molecule has 1 heterocycles. The van der Waals surface area contributed by atoms with E-state index in [-0.39, 0.29) is 17.0 Å². The number of rotatable bonds is 5. The Labute approximate surface area is 148 Å². The Bertz CT molecular complexity index is 1020. The number of esters is 1. The maximum Gasteiger partial charge on any atom is 0.338 e. The van der Waals surface area contributed by atoms with Crippen molar-refractivity contribution in [1.29, 1.82) is 0 Å². The minimum absolute atomic E-state index is 0.0792. The number of aromatic amines is 1. The maximum absolute atomic E-state index is 12.6. The number of hydrogen-bond acceptors (Lipinski definition) is 5. The van der Waals surface area contributed by atoms with Crippen LogP contribution < -0.4 is 0 Å². The molecule has 7 heteroatoms. The summed E-state index contributed by atoms with van der Waals surface area (Å²) in [7, 11) is 0. The molecule has 2 aromatic carbocycles. The van der Waals surface area contributed by atoms with Crippen LogP contribution in [0.15, 0.2) is 48.7 Å². The van der Waals surface area contributed by atoms with Gasteiger partial charge in [0.2, 0.25) is 5.78 Å². The molecule has 3 aromatic rings. The van der Waals surface area contributed by atoms with Crippen LogP contribution in [-0.2, 0) is 4.74 Å². The Hall–Kier alpha value is -3.48. The SMILES string of the molecule is Cc1cc(C(=O)O[C@H](C)C(=O)c2c[nH]c3ccccc23)ccc1[N+](=O)[O-]. The van der Waals surface area contributed by atoms with Crippen LogP contribution >= 0.6 is 0 Å². The van der Waals surface area contributed by atoms with Crippen LogP contribution in [0.25, 0.3) is 10.9 Å². The van der Waals surface area contributed by atoms with Crippen molar-refractivity contribution >= 4 is 28.3 Å². The van der Waals surface area contributed by atoms with Gasteiger partial charge in [-0.2, -0.15) is 0 Å². The van der Waals surface area contributed by atoms with Gasteiger partial charge in [0.1, 0.15) is 0 Å². The van der Waals surface area contributed by atoms with Gasteiger partial charge >= 0.3 is 5.97 Å². The Kier molecular flexibility index (Phi) is 4.53. The first-order chi connectivity index (χ1) is 12.4. The van der Waals surface area contributed by atoms with Crippen LogP contribution in [0.1, 0.15) is 33.2 Å². The molecule has 0 bridgehead atoms. The number of carbonyl (C=O) groups is 2. The standard InChI is InChI=1S/C19H16N2O5/c1-11-9-13(7-8-17(11)21(24)25)19(23)26-12(2)18(22)15-10-20-16-6-4-3-5-14(15)16/h3-10,12,20H,1-2H3/t12-/m1/s1. The number of Topliss-reactive ketones (excluding diaryl/α,β-unsaturated/α-hetero) is 1. The summed E-state index contributed by atoms with van der Waals surface area (Å²) in [6, 6.07) is 11.3. The predicted molar refractivity (Wildman–Crippen MR) is 95.3 cm³/mol. The van der Waals surface area contributed by atoms with Gasteiger partial charge in [0, 0.05) is 34.3 Å². The van der Waals surface area contributed by atoms with Gasteiger partial charge in [-0.05, 0) is 32.0 Å². The molecule has 1 aromatic heterocycles. The number of ether oxygens (including phenoxy) is 1. The summed E-state index contributed by atoms with van der Waals surface area (Å²) in [5, 5.41) is 11.6. The smallest absolute Gasteiger partial charge is 0.338 e. The first kappa shape index (κ1) is 17.3. The molecule has 0 aliphatic heterocycles. The van der Waals surface area contributed by atoms with E-state index in [1.165, 1.54) is 32.0 Å². The average Bonchev–Trinajstić information content (AvgIpc) is 3.04. The molecule has 0 saturated heterocycles. The van der Waals surface area contributed by atoms with Crippen molar-refractivity contribution in [2.75, 3.05) is 0 Å². The van der Waals surface area contributed by atoms with E-state index < -0.39 is 17.0 Å². The highest BCUT2D eigenvalue weighted by atomic mass is 16.6. The molecule has 132 valence electrons. The van der Waals surface area contributed by atoms with Gasteiger partial charge in [0.25, 0.3) is 5.69 Å². The highest BCUT2D eigenvalue weighted by Gasteiger charge is 2.23. The van der Waals surface area contributed by atoms with Crippen LogP contribution in [-0.4, -0.2) is 27.8 Å². The molecule has 1 atom stereocenters. The lowest BCUT2D eigenvalue weighted by atomic mass is 10.1. The van der Waals surface area contributed by atoms with Gasteiger partial charge in [0.15, 0.2) is 6.10 Å². The second-order valence-electron chi connectivity index (χ2n) is 5.92. The average molecular weight is 352 g/mol. The number of hydrogen-bond donors (Lipinski definition) is 1. The normalized spacial score (nSPS) is 11.9. The van der Waals surface area contributed by atoms with E-state index in [0.717, 1.165) is 10.9 Å². The fourth-order valence-corrected chi connectivity index (χ4v) is 2.76. The Morgan fingerprint density at radius 2 is 1.92 bits per heavy atom. The van der Waals surface area contributed by atoms with Crippen molar-refractivity contribution in [3.05, 3.63) is 75.5 Å². The van der Waals surface area contributed by atoms with Gasteiger partial charge in [0.05, 0.1) is 10.5 Å². The van der Waals surface area contributed by atoms with Gasteiger partial charge in [-0.3, -0.25) is 14.9 Å². The summed E-state index contributed by atoms with van der Waals surface area (Å²) >= 11 is 0. The number of fused-ring (bicyclic) bond motifs is 1. The third-order valence-corrected chi connectivity index (χ3v) is 4.14. The number of nitrogens with zero attached hydrogens (tertiary/aromatic N) is 1. The molecule has 0 saturated carbocycles. The molecular weight excluding hydrogens is 336 g/mol. The molecule has 7 nitrogen and oxygen atoms in total. The van der Waals surface area contributed by atoms with Crippen molar-refractivity contribution in [2.24, 2.45) is 0 Å². The lowest BCUT2D eigenvalue weighted by molar-refractivity contribution is -0.385. The van der Waals surface area contributed by atoms with Gasteiger partial charge in [-0.25, -0.2) is 4.79 Å². The number of nitro benzene ring substituents is 1. The van der Waals surface area contributed by atoms with Gasteiger partial charge in [-0.15, -0.1) is 0 Å². The molecule has 0 aliphatic rings. The molecule has 0 fully saturated rings. The van der Waals surface area contributed by atoms with Crippen molar-refractivity contribution in [1.82, 2.24) is 4.98 Å². The Morgan fingerprint density at radius 1 is 1.19 bits per heavy atom. The minimum atomic E-state index is -0.989. The van der Waals surface area contributed by atoms with Crippen LogP contribution in [0, 0.1) is 17.0 Å². The number of ketones is 1. The molecule has 26 heavy (non-hydrogen) atoms. The second-order valence-corrected chi connectivity index (χ2v) is 5.92. The van der Waals surface area contributed by atoms with E-state index in [2.05, 4.69) is 4.98 Å². The zero-order valence-corrected chi connectivity index (χ0v) is 14.2. The number of benzene rings is 2. The summed E-state index contributed by atoms with van der Waals surface area (Å²) < 4.78 is 5.25. The fourth-order valence-electron chi connectivity index (χ4n) is 2.76. The van der Waals surface area contributed by atoms with E-state index in [4.69, 9.17) is 4.74 Å². The van der Waals surface area contributed by atoms with Crippen molar-refractivity contribution in [3.8, 4) is 0 Å². The van der Waals surface area contributed by atoms with Crippen LogP contribution in [0.2, 0.25) is 0 Å². The first-order valence-electron chi connectivity index (χ1n) is 7.95. The van der Waals surface area contributed by atoms with Crippen LogP contribution in [0.3, 0.4) is 0 Å². The quantitative estimate of drug-likeness (QED) is 0.325. The highest BCUT2D eigenvalue weighted by molar-refractivity contribution is 6.10. The minimum Gasteiger partial charge on any atom is -0.451 e. The fraction of sp³-hybridized carbons (Fsp3) is 0.158. The lowest BCUT2D eigenvalue weighted by Gasteiger charge is -2.12. The number of para-hydroxylation sites is 1. The monoisotopic (exact) mass is 352 g/mol. The van der Waals surface area contributed by atoms with Crippen LogP contribution in [0.5, 0.6) is 0 Å².